The molecule has 0 aromatic carbocycles. The van der Waals surface area contributed by atoms with Crippen LogP contribution in [0.3, 0.4) is 0 Å². The summed E-state index contributed by atoms with van der Waals surface area (Å²) in [5.41, 5.74) is 0.977. The van der Waals surface area contributed by atoms with E-state index in [1.165, 1.54) is 0 Å². The van der Waals surface area contributed by atoms with Crippen molar-refractivity contribution in [1.82, 2.24) is 9.88 Å². The largest absolute Gasteiger partial charge is 0.490 e. The van der Waals surface area contributed by atoms with Crippen LogP contribution in [-0.2, 0) is 30.4 Å². The van der Waals surface area contributed by atoms with Crippen molar-refractivity contribution in [3.8, 4) is 0 Å². The van der Waals surface area contributed by atoms with Crippen LogP contribution in [0.25, 0.3) is 0 Å². The minimum absolute atomic E-state index is 0.0449. The summed E-state index contributed by atoms with van der Waals surface area (Å²) >= 11 is 0. The van der Waals surface area contributed by atoms with Gasteiger partial charge in [-0.25, -0.2) is 4.79 Å². The van der Waals surface area contributed by atoms with Crippen molar-refractivity contribution in [2.45, 2.75) is 12.8 Å². The average molecular weight is 420 g/mol. The number of methoxy groups -OCH3 is 1. The first-order chi connectivity index (χ1) is 13.7. The Kier molecular flexibility index (Phi) is 7.94. The molecule has 3 rings (SSSR count). The minimum Gasteiger partial charge on any atom is -0.475 e. The molecule has 29 heavy (non-hydrogen) atoms. The van der Waals surface area contributed by atoms with Gasteiger partial charge in [-0.1, -0.05) is 6.07 Å². The number of carboxylic acids is 1. The molecule has 2 aliphatic rings. The number of pyridine rings is 1. The van der Waals surface area contributed by atoms with Gasteiger partial charge in [-0.2, -0.15) is 13.2 Å². The maximum atomic E-state index is 12.0. The molecule has 11 heteroatoms. The SMILES string of the molecule is COCC(=O)N1C[C@@H]2COC[C@]2(COCc2cccnc2)C1.O=C(O)C(F)(F)F. The number of nitrogens with zero attached hydrogens (tertiary/aromatic N) is 2. The number of likely N-dealkylation sites (tertiary alicyclic amines) is 1. The van der Waals surface area contributed by atoms with Crippen LogP contribution in [0.1, 0.15) is 5.56 Å². The lowest BCUT2D eigenvalue weighted by Gasteiger charge is -2.26. The fourth-order valence-corrected chi connectivity index (χ4v) is 3.30. The number of alkyl halides is 3. The fraction of sp³-hybridized carbons (Fsp3) is 0.611. The number of aliphatic carboxylic acids is 1. The summed E-state index contributed by atoms with van der Waals surface area (Å²) in [6.07, 6.45) is -1.53. The average Bonchev–Trinajstić information content (AvgIpc) is 3.20. The third-order valence-electron chi connectivity index (χ3n) is 4.77. The van der Waals surface area contributed by atoms with E-state index >= 15 is 0 Å². The molecular formula is C18H23F3N2O6. The summed E-state index contributed by atoms with van der Waals surface area (Å²) in [5, 5.41) is 7.12. The lowest BCUT2D eigenvalue weighted by molar-refractivity contribution is -0.192. The Hall–Kier alpha value is -2.24. The van der Waals surface area contributed by atoms with Crippen molar-refractivity contribution in [2.75, 3.05) is 46.6 Å². The van der Waals surface area contributed by atoms with Crippen LogP contribution in [0.5, 0.6) is 0 Å². The Morgan fingerprint density at radius 3 is 2.76 bits per heavy atom. The predicted molar refractivity (Wildman–Crippen MR) is 92.8 cm³/mol. The van der Waals surface area contributed by atoms with Crippen molar-refractivity contribution in [1.29, 1.82) is 0 Å². The van der Waals surface area contributed by atoms with E-state index in [9.17, 15) is 18.0 Å². The van der Waals surface area contributed by atoms with Gasteiger partial charge < -0.3 is 24.2 Å². The molecule has 0 saturated carbocycles. The minimum atomic E-state index is -5.08. The number of ether oxygens (including phenoxy) is 3. The third kappa shape index (κ3) is 6.38. The maximum Gasteiger partial charge on any atom is 0.490 e. The topological polar surface area (TPSA) is 98.2 Å². The summed E-state index contributed by atoms with van der Waals surface area (Å²) in [6, 6.07) is 3.90. The third-order valence-corrected chi connectivity index (χ3v) is 4.77. The van der Waals surface area contributed by atoms with E-state index in [-0.39, 0.29) is 17.9 Å². The molecule has 0 radical (unpaired) electrons. The highest BCUT2D eigenvalue weighted by atomic mass is 19.4. The highest BCUT2D eigenvalue weighted by Crippen LogP contribution is 2.41. The number of hydrogen-bond donors (Lipinski definition) is 1. The Bertz CT molecular complexity index is 688. The van der Waals surface area contributed by atoms with Gasteiger partial charge in [0, 0.05) is 43.9 Å². The number of amides is 1. The van der Waals surface area contributed by atoms with Crippen LogP contribution in [0.4, 0.5) is 13.2 Å². The van der Waals surface area contributed by atoms with Crippen LogP contribution in [0.2, 0.25) is 0 Å². The van der Waals surface area contributed by atoms with Crippen molar-refractivity contribution in [3.63, 3.8) is 0 Å². The van der Waals surface area contributed by atoms with Crippen LogP contribution in [-0.4, -0.2) is 79.7 Å². The first-order valence-electron chi connectivity index (χ1n) is 8.79. The number of halogens is 3. The molecule has 1 amide bonds. The summed E-state index contributed by atoms with van der Waals surface area (Å²) in [5.74, 6) is -2.36. The molecule has 0 bridgehead atoms. The molecule has 1 aromatic heterocycles. The van der Waals surface area contributed by atoms with Crippen LogP contribution < -0.4 is 0 Å². The van der Waals surface area contributed by atoms with E-state index in [1.807, 2.05) is 23.2 Å². The molecule has 1 N–H and O–H groups in total. The molecule has 3 heterocycles. The number of carboxylic acid groups (broad SMARTS) is 1. The van der Waals surface area contributed by atoms with Gasteiger partial charge in [-0.15, -0.1) is 0 Å². The van der Waals surface area contributed by atoms with Gasteiger partial charge in [0.25, 0.3) is 0 Å². The molecule has 2 saturated heterocycles. The molecule has 0 unspecified atom stereocenters. The number of fused-ring (bicyclic) bond motifs is 1. The lowest BCUT2D eigenvalue weighted by Crippen LogP contribution is -2.38. The normalized spacial score (nSPS) is 23.3. The van der Waals surface area contributed by atoms with E-state index in [0.29, 0.717) is 38.9 Å². The molecule has 0 aliphatic carbocycles. The second-order valence-corrected chi connectivity index (χ2v) is 6.94. The summed E-state index contributed by atoms with van der Waals surface area (Å²) in [7, 11) is 1.55. The first-order valence-corrected chi connectivity index (χ1v) is 8.79. The first kappa shape index (κ1) is 23.0. The molecule has 2 atom stereocenters. The van der Waals surface area contributed by atoms with Gasteiger partial charge in [0.05, 0.1) is 26.4 Å². The maximum absolute atomic E-state index is 12.0. The Morgan fingerprint density at radius 2 is 2.17 bits per heavy atom. The summed E-state index contributed by atoms with van der Waals surface area (Å²) in [4.78, 5) is 26.9. The summed E-state index contributed by atoms with van der Waals surface area (Å²) < 4.78 is 48.2. The fourth-order valence-electron chi connectivity index (χ4n) is 3.30. The molecule has 1 aromatic rings. The van der Waals surface area contributed by atoms with E-state index in [2.05, 4.69) is 4.98 Å². The predicted octanol–water partition coefficient (Wildman–Crippen LogP) is 1.35. The van der Waals surface area contributed by atoms with E-state index in [1.54, 1.807) is 13.3 Å². The van der Waals surface area contributed by atoms with Crippen molar-refractivity contribution < 1.29 is 42.1 Å². The number of carbonyl (C=O) groups excluding carboxylic acids is 1. The number of hydrogen-bond acceptors (Lipinski definition) is 6. The zero-order valence-corrected chi connectivity index (χ0v) is 15.9. The van der Waals surface area contributed by atoms with Crippen LogP contribution in [0.15, 0.2) is 24.5 Å². The second-order valence-electron chi connectivity index (χ2n) is 6.94. The standard InChI is InChI=1S/C16H22N2O4.C2HF3O2/c1-20-9-15(19)18-6-14-8-22-12-16(14,10-18)11-21-7-13-3-2-4-17-5-13;3-2(4,5)1(6)7/h2-5,14H,6-12H2,1H3;(H,6,7)/t14-,16-;/m1./s1. The highest BCUT2D eigenvalue weighted by molar-refractivity contribution is 5.78. The number of aromatic nitrogens is 1. The van der Waals surface area contributed by atoms with Gasteiger partial charge in [0.2, 0.25) is 5.91 Å². The van der Waals surface area contributed by atoms with Gasteiger partial charge in [-0.3, -0.25) is 9.78 Å². The Morgan fingerprint density at radius 1 is 1.45 bits per heavy atom. The molecular weight excluding hydrogens is 397 g/mol. The molecule has 8 nitrogen and oxygen atoms in total. The smallest absolute Gasteiger partial charge is 0.475 e. The number of rotatable bonds is 6. The number of carbonyl (C=O) groups is 2. The van der Waals surface area contributed by atoms with Gasteiger partial charge in [0.1, 0.15) is 6.61 Å². The highest BCUT2D eigenvalue weighted by Gasteiger charge is 2.51. The summed E-state index contributed by atoms with van der Waals surface area (Å²) in [6.45, 7) is 4.05. The van der Waals surface area contributed by atoms with E-state index in [0.717, 1.165) is 12.1 Å². The zero-order valence-electron chi connectivity index (χ0n) is 15.9. The van der Waals surface area contributed by atoms with Gasteiger partial charge in [0.15, 0.2) is 0 Å². The Balaban J connectivity index is 0.000000370. The van der Waals surface area contributed by atoms with E-state index < -0.39 is 12.1 Å². The quantitative estimate of drug-likeness (QED) is 0.742. The van der Waals surface area contributed by atoms with Crippen LogP contribution in [0, 0.1) is 11.3 Å². The molecule has 2 fully saturated rings. The van der Waals surface area contributed by atoms with Crippen molar-refractivity contribution in [3.05, 3.63) is 30.1 Å². The van der Waals surface area contributed by atoms with Crippen LogP contribution >= 0.6 is 0 Å². The lowest BCUT2D eigenvalue weighted by atomic mass is 9.82. The zero-order chi connectivity index (χ0) is 21.5. The van der Waals surface area contributed by atoms with Gasteiger partial charge in [-0.05, 0) is 11.6 Å². The van der Waals surface area contributed by atoms with Gasteiger partial charge >= 0.3 is 12.1 Å². The van der Waals surface area contributed by atoms with Crippen molar-refractivity contribution >= 4 is 11.9 Å². The molecule has 0 spiro atoms. The van der Waals surface area contributed by atoms with E-state index in [4.69, 9.17) is 24.1 Å². The molecule has 162 valence electrons. The Labute approximate surface area is 165 Å². The van der Waals surface area contributed by atoms with Crippen molar-refractivity contribution in [2.24, 2.45) is 11.3 Å². The second kappa shape index (κ2) is 9.99. The monoisotopic (exact) mass is 420 g/mol. The molecule has 2 aliphatic heterocycles.